The van der Waals surface area contributed by atoms with E-state index >= 15 is 0 Å². The monoisotopic (exact) mass is 272 g/mol. The smallest absolute Gasteiger partial charge is 0.354 e. The highest BCUT2D eigenvalue weighted by Gasteiger charge is 2.17. The number of carbonyl (C=O) groups is 1. The number of carboxylic acid groups (broad SMARTS) is 1. The molecule has 104 valence electrons. The van der Waals surface area contributed by atoms with E-state index in [1.54, 1.807) is 6.07 Å². The molecule has 0 aliphatic heterocycles. The lowest BCUT2D eigenvalue weighted by Gasteiger charge is -2.02. The van der Waals surface area contributed by atoms with Crippen molar-refractivity contribution in [1.29, 1.82) is 0 Å². The van der Waals surface area contributed by atoms with E-state index in [1.807, 2.05) is 6.07 Å². The minimum atomic E-state index is -1.03. The Labute approximate surface area is 116 Å². The van der Waals surface area contributed by atoms with Gasteiger partial charge in [0.15, 0.2) is 0 Å². The number of carboxylic acids is 1. The number of benzene rings is 1. The summed E-state index contributed by atoms with van der Waals surface area (Å²) in [6.45, 7) is 0.0537. The summed E-state index contributed by atoms with van der Waals surface area (Å²) in [6, 6.07) is 7.75. The van der Waals surface area contributed by atoms with Gasteiger partial charge in [-0.25, -0.2) is 4.79 Å². The number of aryl methyl sites for hydroxylation is 2. The van der Waals surface area contributed by atoms with E-state index in [0.29, 0.717) is 5.69 Å². The van der Waals surface area contributed by atoms with Crippen LogP contribution < -0.4 is 0 Å². The molecular formula is C15H16N2O3. The van der Waals surface area contributed by atoms with Crippen molar-refractivity contribution in [2.45, 2.75) is 25.8 Å². The molecule has 0 amide bonds. The summed E-state index contributed by atoms with van der Waals surface area (Å²) < 4.78 is 1.34. The third-order valence-corrected chi connectivity index (χ3v) is 3.71. The van der Waals surface area contributed by atoms with E-state index in [2.05, 4.69) is 17.2 Å². The molecule has 1 aromatic heterocycles. The minimum Gasteiger partial charge on any atom is -0.477 e. The van der Waals surface area contributed by atoms with Gasteiger partial charge in [0, 0.05) is 5.56 Å². The first-order valence-electron chi connectivity index (χ1n) is 6.73. The lowest BCUT2D eigenvalue weighted by Crippen LogP contribution is -2.12. The zero-order valence-electron chi connectivity index (χ0n) is 11.0. The van der Waals surface area contributed by atoms with Gasteiger partial charge in [0.2, 0.25) is 0 Å². The first-order valence-corrected chi connectivity index (χ1v) is 6.73. The summed E-state index contributed by atoms with van der Waals surface area (Å²) in [5.41, 5.74) is 4.39. The van der Waals surface area contributed by atoms with E-state index in [-0.39, 0.29) is 18.8 Å². The molecule has 0 fully saturated rings. The van der Waals surface area contributed by atoms with Crippen molar-refractivity contribution < 1.29 is 15.0 Å². The van der Waals surface area contributed by atoms with Crippen LogP contribution in [-0.4, -0.2) is 32.6 Å². The second-order valence-corrected chi connectivity index (χ2v) is 5.00. The second-order valence-electron chi connectivity index (χ2n) is 5.00. The molecule has 1 aliphatic carbocycles. The number of aliphatic hydroxyl groups is 1. The molecule has 1 aliphatic rings. The summed E-state index contributed by atoms with van der Waals surface area (Å²) >= 11 is 0. The van der Waals surface area contributed by atoms with Crippen LogP contribution in [0.2, 0.25) is 0 Å². The molecule has 0 radical (unpaired) electrons. The number of hydrogen-bond donors (Lipinski definition) is 2. The predicted octanol–water partition coefficient (Wildman–Crippen LogP) is 1.73. The Morgan fingerprint density at radius 3 is 2.80 bits per heavy atom. The van der Waals surface area contributed by atoms with Gasteiger partial charge in [-0.15, -0.1) is 0 Å². The summed E-state index contributed by atoms with van der Waals surface area (Å²) in [5.74, 6) is -1.03. The molecular weight excluding hydrogens is 256 g/mol. The molecule has 0 atom stereocenters. The van der Waals surface area contributed by atoms with Gasteiger partial charge >= 0.3 is 5.97 Å². The van der Waals surface area contributed by atoms with Gasteiger partial charge in [-0.1, -0.05) is 12.1 Å². The predicted molar refractivity (Wildman–Crippen MR) is 73.7 cm³/mol. The Morgan fingerprint density at radius 2 is 2.05 bits per heavy atom. The van der Waals surface area contributed by atoms with Crippen molar-refractivity contribution in [2.24, 2.45) is 0 Å². The van der Waals surface area contributed by atoms with Crippen molar-refractivity contribution in [2.75, 3.05) is 6.61 Å². The lowest BCUT2D eigenvalue weighted by atomic mass is 10.0. The van der Waals surface area contributed by atoms with Crippen LogP contribution in [0.1, 0.15) is 28.0 Å². The maximum Gasteiger partial charge on any atom is 0.354 e. The first kappa shape index (κ1) is 12.9. The summed E-state index contributed by atoms with van der Waals surface area (Å²) in [5, 5.41) is 22.4. The Balaban J connectivity index is 2.01. The Hall–Kier alpha value is -2.14. The Bertz CT molecular complexity index is 661. The molecule has 5 nitrogen and oxygen atoms in total. The molecule has 20 heavy (non-hydrogen) atoms. The molecule has 2 aromatic rings. The molecule has 0 bridgehead atoms. The molecule has 1 aromatic carbocycles. The standard InChI is InChI=1S/C15H16N2O3/c18-7-6-17-14(15(19)20)9-13(16-17)12-5-4-10-2-1-3-11(10)8-12/h4-5,8-9,18H,1-3,6-7H2,(H,19,20). The fraction of sp³-hybridized carbons (Fsp3) is 0.333. The van der Waals surface area contributed by atoms with E-state index < -0.39 is 5.97 Å². The molecule has 0 saturated heterocycles. The lowest BCUT2D eigenvalue weighted by molar-refractivity contribution is 0.0681. The van der Waals surface area contributed by atoms with Gasteiger partial charge in [-0.2, -0.15) is 5.10 Å². The number of nitrogens with zero attached hydrogens (tertiary/aromatic N) is 2. The van der Waals surface area contributed by atoms with Crippen molar-refractivity contribution in [3.05, 3.63) is 41.1 Å². The van der Waals surface area contributed by atoms with Crippen LogP contribution in [0.3, 0.4) is 0 Å². The highest BCUT2D eigenvalue weighted by atomic mass is 16.4. The molecule has 2 N–H and O–H groups in total. The second kappa shape index (κ2) is 5.09. The summed E-state index contributed by atoms with van der Waals surface area (Å²) in [7, 11) is 0. The Kier molecular flexibility index (Phi) is 3.28. The van der Waals surface area contributed by atoms with Crippen molar-refractivity contribution in [3.8, 4) is 11.3 Å². The number of aliphatic hydroxyl groups excluding tert-OH is 1. The van der Waals surface area contributed by atoms with Gasteiger partial charge in [0.1, 0.15) is 5.69 Å². The average molecular weight is 272 g/mol. The average Bonchev–Trinajstić information content (AvgIpc) is 3.04. The summed E-state index contributed by atoms with van der Waals surface area (Å²) in [4.78, 5) is 11.2. The van der Waals surface area contributed by atoms with Crippen molar-refractivity contribution in [3.63, 3.8) is 0 Å². The zero-order valence-corrected chi connectivity index (χ0v) is 11.0. The molecule has 0 spiro atoms. The Morgan fingerprint density at radius 1 is 1.25 bits per heavy atom. The van der Waals surface area contributed by atoms with Crippen LogP contribution in [0.25, 0.3) is 11.3 Å². The third kappa shape index (κ3) is 2.20. The van der Waals surface area contributed by atoms with E-state index in [9.17, 15) is 4.79 Å². The van der Waals surface area contributed by atoms with E-state index in [4.69, 9.17) is 10.2 Å². The normalized spacial score (nSPS) is 13.4. The fourth-order valence-electron chi connectivity index (χ4n) is 2.73. The van der Waals surface area contributed by atoms with Crippen LogP contribution in [0.15, 0.2) is 24.3 Å². The molecule has 0 unspecified atom stereocenters. The van der Waals surface area contributed by atoms with Crippen LogP contribution in [0.4, 0.5) is 0 Å². The van der Waals surface area contributed by atoms with Crippen LogP contribution in [0.5, 0.6) is 0 Å². The quantitative estimate of drug-likeness (QED) is 0.888. The van der Waals surface area contributed by atoms with Gasteiger partial charge in [-0.05, 0) is 42.5 Å². The first-order chi connectivity index (χ1) is 9.69. The fourth-order valence-corrected chi connectivity index (χ4v) is 2.73. The molecule has 0 saturated carbocycles. The molecule has 1 heterocycles. The number of aromatic carboxylic acids is 1. The van der Waals surface area contributed by atoms with E-state index in [0.717, 1.165) is 18.4 Å². The van der Waals surface area contributed by atoms with Gasteiger partial charge in [-0.3, -0.25) is 4.68 Å². The largest absolute Gasteiger partial charge is 0.477 e. The van der Waals surface area contributed by atoms with E-state index in [1.165, 1.54) is 22.2 Å². The van der Waals surface area contributed by atoms with Crippen molar-refractivity contribution in [1.82, 2.24) is 9.78 Å². The maximum atomic E-state index is 11.2. The highest BCUT2D eigenvalue weighted by molar-refractivity contribution is 5.87. The number of aromatic nitrogens is 2. The van der Waals surface area contributed by atoms with Crippen LogP contribution >= 0.6 is 0 Å². The van der Waals surface area contributed by atoms with Crippen LogP contribution in [-0.2, 0) is 19.4 Å². The molecule has 3 rings (SSSR count). The summed E-state index contributed by atoms with van der Waals surface area (Å²) in [6.07, 6.45) is 3.37. The van der Waals surface area contributed by atoms with Gasteiger partial charge in [0.25, 0.3) is 0 Å². The van der Waals surface area contributed by atoms with Crippen molar-refractivity contribution >= 4 is 5.97 Å². The van der Waals surface area contributed by atoms with Crippen LogP contribution in [0, 0.1) is 0 Å². The minimum absolute atomic E-state index is 0.106. The number of hydrogen-bond acceptors (Lipinski definition) is 3. The van der Waals surface area contributed by atoms with Gasteiger partial charge < -0.3 is 10.2 Å². The molecule has 5 heteroatoms. The zero-order chi connectivity index (χ0) is 14.1. The highest BCUT2D eigenvalue weighted by Crippen LogP contribution is 2.27. The number of fused-ring (bicyclic) bond motifs is 1. The van der Waals surface area contributed by atoms with Gasteiger partial charge in [0.05, 0.1) is 18.8 Å². The third-order valence-electron chi connectivity index (χ3n) is 3.71. The maximum absolute atomic E-state index is 11.2. The SMILES string of the molecule is O=C(O)c1cc(-c2ccc3c(c2)CCC3)nn1CCO. The number of rotatable bonds is 4. The topological polar surface area (TPSA) is 75.3 Å².